The number of benzene rings is 3. The monoisotopic (exact) mass is 904 g/mol. The largest absolute Gasteiger partial charge is 0.493 e. The lowest BCUT2D eigenvalue weighted by Gasteiger charge is -2.22. The summed E-state index contributed by atoms with van der Waals surface area (Å²) in [7, 11) is -4.94. The highest BCUT2D eigenvalue weighted by Crippen LogP contribution is 2.45. The number of hydrogen-bond acceptors (Lipinski definition) is 15. The predicted molar refractivity (Wildman–Crippen MR) is 230 cm³/mol. The number of aliphatic hydroxyl groups is 2. The van der Waals surface area contributed by atoms with Crippen LogP contribution in [0.5, 0.6) is 0 Å². The van der Waals surface area contributed by atoms with Crippen molar-refractivity contribution in [3.63, 3.8) is 0 Å². The second-order valence-electron chi connectivity index (χ2n) is 14.7. The number of aromatic nitrogens is 2. The van der Waals surface area contributed by atoms with Crippen LogP contribution in [0.3, 0.4) is 0 Å². The molecule has 64 heavy (non-hydrogen) atoms. The summed E-state index contributed by atoms with van der Waals surface area (Å²) in [5.41, 5.74) is 17.2. The molecule has 2 heterocycles. The van der Waals surface area contributed by atoms with Crippen LogP contribution < -0.4 is 33.3 Å². The van der Waals surface area contributed by atoms with Gasteiger partial charge in [-0.3, -0.25) is 18.9 Å². The molecule has 0 bridgehead atoms. The number of amides is 2. The summed E-state index contributed by atoms with van der Waals surface area (Å²) < 4.78 is 39.7. The number of carbonyl (C=O) groups is 3. The molecule has 4 aromatic rings. The number of nitrogens with one attached hydrogen (secondary N) is 3. The van der Waals surface area contributed by atoms with Crippen molar-refractivity contribution in [3.8, 4) is 11.1 Å². The molecule has 21 nitrogen and oxygen atoms in total. The summed E-state index contributed by atoms with van der Waals surface area (Å²) in [6.07, 6.45) is -4.20. The first kappa shape index (κ1) is 47.0. The van der Waals surface area contributed by atoms with Gasteiger partial charge in [-0.15, -0.1) is 6.58 Å². The summed E-state index contributed by atoms with van der Waals surface area (Å²) in [5, 5.41) is 26.1. The minimum absolute atomic E-state index is 0.0244. The van der Waals surface area contributed by atoms with Gasteiger partial charge in [0.2, 0.25) is 11.9 Å². The van der Waals surface area contributed by atoms with E-state index in [1.54, 1.807) is 24.3 Å². The molecule has 1 fully saturated rings. The molecule has 3 aromatic carbocycles. The molecule has 10 N–H and O–H groups in total. The number of nitrogen functional groups attached to an aromatic ring is 1. The molecular formula is C42H49N8O13P. The van der Waals surface area contributed by atoms with Crippen molar-refractivity contribution in [3.05, 3.63) is 131 Å². The van der Waals surface area contributed by atoms with Gasteiger partial charge in [0.25, 0.3) is 0 Å². The number of hydrogen-bond donors (Lipinski definition) is 8. The number of hydroxylamine groups is 1. The molecule has 1 aliphatic heterocycles. The first-order valence-corrected chi connectivity index (χ1v) is 21.6. The number of guanidine groups is 1. The molecule has 0 radical (unpaired) electrons. The molecule has 2 aliphatic rings. The van der Waals surface area contributed by atoms with Crippen LogP contribution in [0.4, 0.5) is 10.6 Å². The molecule has 7 atom stereocenters. The Morgan fingerprint density at radius 1 is 0.938 bits per heavy atom. The Labute approximate surface area is 366 Å². The molecule has 340 valence electrons. The number of esters is 1. The van der Waals surface area contributed by atoms with Crippen molar-refractivity contribution in [2.75, 3.05) is 25.5 Å². The Morgan fingerprint density at radius 3 is 2.28 bits per heavy atom. The zero-order valence-corrected chi connectivity index (χ0v) is 35.2. The molecular weight excluding hydrogens is 855 g/mol. The van der Waals surface area contributed by atoms with Gasteiger partial charge in [-0.05, 0) is 53.1 Å². The normalized spacial score (nSPS) is 19.9. The second kappa shape index (κ2) is 21.8. The number of nitrogens with two attached hydrogens (primary N) is 2. The highest BCUT2D eigenvalue weighted by atomic mass is 31.2. The smallest absolute Gasteiger partial charge is 0.459 e. The van der Waals surface area contributed by atoms with Crippen LogP contribution in [0.1, 0.15) is 48.1 Å². The molecule has 0 saturated carbocycles. The number of aliphatic hydroxyl groups excluding tert-OH is 2. The van der Waals surface area contributed by atoms with Crippen LogP contribution in [0.25, 0.3) is 11.1 Å². The lowest BCUT2D eigenvalue weighted by molar-refractivity contribution is -0.149. The maximum Gasteiger partial charge on any atom is 0.493 e. The molecule has 1 aromatic heterocycles. The number of aliphatic imine (C=N–C) groups is 1. The number of carbonyl (C=O) groups excluding carboxylic acids is 3. The minimum atomic E-state index is -4.94. The van der Waals surface area contributed by atoms with E-state index < -0.39 is 80.7 Å². The predicted octanol–water partition coefficient (Wildman–Crippen LogP) is 1.89. The van der Waals surface area contributed by atoms with Crippen molar-refractivity contribution in [2.45, 2.75) is 68.4 Å². The van der Waals surface area contributed by atoms with Gasteiger partial charge < -0.3 is 51.4 Å². The van der Waals surface area contributed by atoms with Gasteiger partial charge in [-0.2, -0.15) is 9.61 Å². The number of phosphoric ester groups is 1. The first-order valence-electron chi connectivity index (χ1n) is 20.1. The van der Waals surface area contributed by atoms with Crippen molar-refractivity contribution < 1.29 is 57.4 Å². The highest BCUT2D eigenvalue weighted by Gasteiger charge is 2.45. The third-order valence-corrected chi connectivity index (χ3v) is 11.0. The average molecular weight is 905 g/mol. The Hall–Kier alpha value is -6.45. The molecule has 1 saturated heterocycles. The summed E-state index contributed by atoms with van der Waals surface area (Å²) >= 11 is 0. The summed E-state index contributed by atoms with van der Waals surface area (Å²) in [5.74, 6) is -2.24. The zero-order chi connectivity index (χ0) is 45.8. The fourth-order valence-corrected chi connectivity index (χ4v) is 7.67. The topological polar surface area (TPSA) is 310 Å². The lowest BCUT2D eigenvalue weighted by atomic mass is 9.98. The van der Waals surface area contributed by atoms with E-state index in [9.17, 15) is 38.8 Å². The van der Waals surface area contributed by atoms with Crippen LogP contribution >= 0.6 is 7.82 Å². The van der Waals surface area contributed by atoms with Crippen molar-refractivity contribution in [1.29, 1.82) is 0 Å². The summed E-state index contributed by atoms with van der Waals surface area (Å²) in [6.45, 7) is 2.77. The maximum absolute atomic E-state index is 13.7. The molecule has 22 heteroatoms. The number of rotatable bonds is 20. The van der Waals surface area contributed by atoms with Crippen LogP contribution in [0.15, 0.2) is 114 Å². The van der Waals surface area contributed by atoms with E-state index in [4.69, 9.17) is 34.8 Å². The SMILES string of the molecule is C=CCC(NC(=O)C(CCCN=C(N)NOP(=O)(O)OC[C@H]1O[C@@H](n2ccc(N)nc2=O)[C@H](O)[C@@H]1O)NC(=O)OCC1c2ccccc2-c2ccccc21)C(=O)OCc1ccccc1. The molecule has 1 aliphatic carbocycles. The van der Waals surface area contributed by atoms with Crippen LogP contribution in [0, 0.1) is 0 Å². The molecule has 0 spiro atoms. The van der Waals surface area contributed by atoms with E-state index in [-0.39, 0.29) is 50.8 Å². The van der Waals surface area contributed by atoms with E-state index in [1.165, 1.54) is 18.3 Å². The van der Waals surface area contributed by atoms with Gasteiger partial charge in [0, 0.05) is 18.7 Å². The van der Waals surface area contributed by atoms with Crippen LogP contribution in [-0.4, -0.2) is 98.7 Å². The molecule has 3 unspecified atom stereocenters. The maximum atomic E-state index is 13.7. The molecule has 6 rings (SSSR count). The van der Waals surface area contributed by atoms with Crippen molar-refractivity contribution in [2.24, 2.45) is 10.7 Å². The quantitative estimate of drug-likeness (QED) is 0.0119. The van der Waals surface area contributed by atoms with Crippen molar-refractivity contribution in [1.82, 2.24) is 25.7 Å². The van der Waals surface area contributed by atoms with Gasteiger partial charge in [0.15, 0.2) is 6.23 Å². The number of alkyl carbamates (subject to hydrolysis) is 1. The molecule has 2 amide bonds. The first-order chi connectivity index (χ1) is 30.7. The Morgan fingerprint density at radius 2 is 1.61 bits per heavy atom. The van der Waals surface area contributed by atoms with Gasteiger partial charge >= 0.3 is 25.6 Å². The fraction of sp³-hybridized carbons (Fsp3) is 0.333. The third kappa shape index (κ3) is 12.2. The lowest BCUT2D eigenvalue weighted by Crippen LogP contribution is -2.52. The van der Waals surface area contributed by atoms with Gasteiger partial charge in [-0.25, -0.2) is 24.4 Å². The fourth-order valence-electron chi connectivity index (χ4n) is 7.08. The number of nitrogens with zero attached hydrogens (tertiary/aromatic N) is 3. The average Bonchev–Trinajstić information content (AvgIpc) is 3.76. The van der Waals surface area contributed by atoms with E-state index >= 15 is 0 Å². The number of phosphoric acid groups is 1. The van der Waals surface area contributed by atoms with Gasteiger partial charge in [0.05, 0.1) is 6.61 Å². The summed E-state index contributed by atoms with van der Waals surface area (Å²) in [4.78, 5) is 70.1. The number of ether oxygens (including phenoxy) is 3. The van der Waals surface area contributed by atoms with E-state index in [2.05, 4.69) is 27.2 Å². The standard InChI is InChI=1S/C42H49N8O13P/c1-2-11-32(39(54)59-22-25-12-4-3-5-13-25)46-37(53)31(47-42(56)60-23-30-28-16-8-6-14-26(28)27-15-7-9-17-29(27)30)18-10-20-45-40(44)49-63-64(57,58)61-24-33-35(51)36(52)38(62-33)50-21-19-34(43)48-41(50)55/h2-9,12-17,19,21,30-33,35-36,38,51-52H,1,10-11,18,20,22-24H2,(H,46,53)(H,47,56)(H,57,58)(H2,43,48,55)(H3,44,45,49)/t31?,32?,33-,35-,36-,38-/m1/s1. The van der Waals surface area contributed by atoms with Crippen molar-refractivity contribution >= 4 is 37.6 Å². The second-order valence-corrected chi connectivity index (χ2v) is 16.0. The zero-order valence-electron chi connectivity index (χ0n) is 34.3. The Balaban J connectivity index is 1.03. The number of fused-ring (bicyclic) bond motifs is 3. The Bertz CT molecular complexity index is 2380. The van der Waals surface area contributed by atoms with Crippen LogP contribution in [-0.2, 0) is 44.1 Å². The highest BCUT2D eigenvalue weighted by molar-refractivity contribution is 7.47. The third-order valence-electron chi connectivity index (χ3n) is 10.2. The van der Waals surface area contributed by atoms with Gasteiger partial charge in [-0.1, -0.05) is 84.9 Å². The minimum Gasteiger partial charge on any atom is -0.459 e. The number of anilines is 1. The van der Waals surface area contributed by atoms with Crippen LogP contribution in [0.2, 0.25) is 0 Å². The van der Waals surface area contributed by atoms with E-state index in [0.29, 0.717) is 0 Å². The van der Waals surface area contributed by atoms with E-state index in [0.717, 1.165) is 32.4 Å². The summed E-state index contributed by atoms with van der Waals surface area (Å²) in [6, 6.07) is 23.5. The van der Waals surface area contributed by atoms with E-state index in [1.807, 2.05) is 60.1 Å². The van der Waals surface area contributed by atoms with Gasteiger partial charge in [0.1, 0.15) is 49.4 Å². The Kier molecular flexibility index (Phi) is 16.0.